The average Bonchev–Trinajstić information content (AvgIpc) is 2.50. The van der Waals surface area contributed by atoms with E-state index in [4.69, 9.17) is 0 Å². The van der Waals surface area contributed by atoms with Gasteiger partial charge in [-0.3, -0.25) is 0 Å². The normalized spacial score (nSPS) is 12.3. The van der Waals surface area contributed by atoms with Gasteiger partial charge in [0.05, 0.1) is 0 Å². The van der Waals surface area contributed by atoms with Crippen LogP contribution in [-0.4, -0.2) is 16.5 Å². The molecule has 1 aromatic heterocycles. The van der Waals surface area contributed by atoms with Gasteiger partial charge in [0.2, 0.25) is 0 Å². The van der Waals surface area contributed by atoms with E-state index in [9.17, 15) is 0 Å². The SMILES string of the molecule is CCCNC(CCc1ccccc1C)c1cncnc1. The Labute approximate surface area is 121 Å². The Kier molecular flexibility index (Phi) is 5.69. The van der Waals surface area contributed by atoms with E-state index >= 15 is 0 Å². The van der Waals surface area contributed by atoms with E-state index in [-0.39, 0.29) is 0 Å². The van der Waals surface area contributed by atoms with Crippen LogP contribution in [0.1, 0.15) is 42.5 Å². The van der Waals surface area contributed by atoms with Gasteiger partial charge in [0.1, 0.15) is 6.33 Å². The number of nitrogens with one attached hydrogen (secondary N) is 1. The lowest BCUT2D eigenvalue weighted by Crippen LogP contribution is -2.23. The summed E-state index contributed by atoms with van der Waals surface area (Å²) >= 11 is 0. The van der Waals surface area contributed by atoms with Crippen LogP contribution in [0.3, 0.4) is 0 Å². The Morgan fingerprint density at radius 3 is 2.60 bits per heavy atom. The third-order valence-corrected chi connectivity index (χ3v) is 3.59. The molecule has 0 aliphatic carbocycles. The van der Waals surface area contributed by atoms with Crippen molar-refractivity contribution < 1.29 is 0 Å². The summed E-state index contributed by atoms with van der Waals surface area (Å²) < 4.78 is 0. The van der Waals surface area contributed by atoms with Crippen molar-refractivity contribution in [2.75, 3.05) is 6.54 Å². The molecular weight excluding hydrogens is 246 g/mol. The molecule has 0 aliphatic rings. The topological polar surface area (TPSA) is 37.8 Å². The molecule has 2 rings (SSSR count). The van der Waals surface area contributed by atoms with Crippen molar-refractivity contribution in [1.29, 1.82) is 0 Å². The molecule has 0 spiro atoms. The molecule has 0 aliphatic heterocycles. The van der Waals surface area contributed by atoms with E-state index in [1.54, 1.807) is 6.33 Å². The van der Waals surface area contributed by atoms with Crippen molar-refractivity contribution in [3.63, 3.8) is 0 Å². The zero-order valence-corrected chi connectivity index (χ0v) is 12.3. The Bertz CT molecular complexity index is 511. The highest BCUT2D eigenvalue weighted by Gasteiger charge is 2.11. The fourth-order valence-electron chi connectivity index (χ4n) is 2.39. The zero-order chi connectivity index (χ0) is 14.2. The van der Waals surface area contributed by atoms with E-state index in [1.807, 2.05) is 12.4 Å². The van der Waals surface area contributed by atoms with Crippen LogP contribution >= 0.6 is 0 Å². The van der Waals surface area contributed by atoms with Crippen LogP contribution < -0.4 is 5.32 Å². The van der Waals surface area contributed by atoms with Crippen molar-refractivity contribution in [3.8, 4) is 0 Å². The Morgan fingerprint density at radius 2 is 1.90 bits per heavy atom. The van der Waals surface area contributed by atoms with Crippen LogP contribution in [0.4, 0.5) is 0 Å². The smallest absolute Gasteiger partial charge is 0.115 e. The molecule has 0 fully saturated rings. The summed E-state index contributed by atoms with van der Waals surface area (Å²) in [4.78, 5) is 8.27. The van der Waals surface area contributed by atoms with E-state index in [0.29, 0.717) is 6.04 Å². The minimum absolute atomic E-state index is 0.329. The largest absolute Gasteiger partial charge is 0.310 e. The minimum atomic E-state index is 0.329. The summed E-state index contributed by atoms with van der Waals surface area (Å²) in [5.41, 5.74) is 3.97. The number of nitrogens with zero attached hydrogens (tertiary/aromatic N) is 2. The number of hydrogen-bond acceptors (Lipinski definition) is 3. The van der Waals surface area contributed by atoms with Gasteiger partial charge in [-0.05, 0) is 43.9 Å². The van der Waals surface area contributed by atoms with Gasteiger partial charge >= 0.3 is 0 Å². The second kappa shape index (κ2) is 7.75. The maximum absolute atomic E-state index is 4.14. The van der Waals surface area contributed by atoms with Crippen molar-refractivity contribution >= 4 is 0 Å². The summed E-state index contributed by atoms with van der Waals surface area (Å²) in [6.45, 7) is 5.38. The van der Waals surface area contributed by atoms with Crippen LogP contribution in [0.25, 0.3) is 0 Å². The number of hydrogen-bond donors (Lipinski definition) is 1. The Hall–Kier alpha value is -1.74. The molecular formula is C17H23N3. The van der Waals surface area contributed by atoms with Gasteiger partial charge in [0.15, 0.2) is 0 Å². The van der Waals surface area contributed by atoms with Crippen molar-refractivity contribution in [2.45, 2.75) is 39.2 Å². The quantitative estimate of drug-likeness (QED) is 0.836. The molecule has 3 nitrogen and oxygen atoms in total. The second-order valence-corrected chi connectivity index (χ2v) is 5.14. The first kappa shape index (κ1) is 14.7. The molecule has 1 heterocycles. The molecule has 0 bridgehead atoms. The molecule has 0 saturated heterocycles. The third kappa shape index (κ3) is 4.14. The molecule has 1 atom stereocenters. The maximum Gasteiger partial charge on any atom is 0.115 e. The second-order valence-electron chi connectivity index (χ2n) is 5.14. The van der Waals surface area contributed by atoms with Gasteiger partial charge in [0, 0.05) is 24.0 Å². The first-order valence-corrected chi connectivity index (χ1v) is 7.34. The van der Waals surface area contributed by atoms with Crippen LogP contribution in [0.2, 0.25) is 0 Å². The molecule has 1 aromatic carbocycles. The van der Waals surface area contributed by atoms with Crippen LogP contribution in [0.5, 0.6) is 0 Å². The van der Waals surface area contributed by atoms with Gasteiger partial charge in [-0.2, -0.15) is 0 Å². The first-order valence-electron chi connectivity index (χ1n) is 7.34. The van der Waals surface area contributed by atoms with E-state index < -0.39 is 0 Å². The third-order valence-electron chi connectivity index (χ3n) is 3.59. The monoisotopic (exact) mass is 269 g/mol. The van der Waals surface area contributed by atoms with Gasteiger partial charge in [0.25, 0.3) is 0 Å². The molecule has 0 saturated carbocycles. The summed E-state index contributed by atoms with van der Waals surface area (Å²) in [6.07, 6.45) is 8.69. The average molecular weight is 269 g/mol. The van der Waals surface area contributed by atoms with Crippen molar-refractivity contribution in [2.24, 2.45) is 0 Å². The molecule has 106 valence electrons. The fraction of sp³-hybridized carbons (Fsp3) is 0.412. The molecule has 1 unspecified atom stereocenters. The molecule has 20 heavy (non-hydrogen) atoms. The first-order chi connectivity index (χ1) is 9.81. The van der Waals surface area contributed by atoms with E-state index in [2.05, 4.69) is 53.4 Å². The van der Waals surface area contributed by atoms with E-state index in [0.717, 1.165) is 25.8 Å². The highest BCUT2D eigenvalue weighted by atomic mass is 14.9. The molecule has 2 aromatic rings. The molecule has 3 heteroatoms. The van der Waals surface area contributed by atoms with Gasteiger partial charge in [-0.25, -0.2) is 9.97 Å². The predicted octanol–water partition coefficient (Wildman–Crippen LogP) is 3.46. The van der Waals surface area contributed by atoms with E-state index in [1.165, 1.54) is 16.7 Å². The lowest BCUT2D eigenvalue weighted by molar-refractivity contribution is 0.496. The number of rotatable bonds is 7. The summed E-state index contributed by atoms with van der Waals surface area (Å²) in [5.74, 6) is 0. The number of aromatic nitrogens is 2. The maximum atomic E-state index is 4.14. The van der Waals surface area contributed by atoms with Crippen LogP contribution in [-0.2, 0) is 6.42 Å². The lowest BCUT2D eigenvalue weighted by Gasteiger charge is -2.18. The zero-order valence-electron chi connectivity index (χ0n) is 12.3. The predicted molar refractivity (Wildman–Crippen MR) is 82.6 cm³/mol. The highest BCUT2D eigenvalue weighted by Crippen LogP contribution is 2.19. The van der Waals surface area contributed by atoms with Gasteiger partial charge in [-0.15, -0.1) is 0 Å². The summed E-state index contributed by atoms with van der Waals surface area (Å²) in [6, 6.07) is 8.93. The molecule has 0 radical (unpaired) electrons. The number of aryl methyl sites for hydroxylation is 2. The number of benzene rings is 1. The fourth-order valence-corrected chi connectivity index (χ4v) is 2.39. The Morgan fingerprint density at radius 1 is 1.15 bits per heavy atom. The molecule has 0 amide bonds. The highest BCUT2D eigenvalue weighted by molar-refractivity contribution is 5.26. The van der Waals surface area contributed by atoms with Crippen molar-refractivity contribution in [3.05, 3.63) is 59.7 Å². The van der Waals surface area contributed by atoms with Gasteiger partial charge < -0.3 is 5.32 Å². The van der Waals surface area contributed by atoms with Crippen molar-refractivity contribution in [1.82, 2.24) is 15.3 Å². The summed E-state index contributed by atoms with van der Waals surface area (Å²) in [7, 11) is 0. The standard InChI is InChI=1S/C17H23N3/c1-3-10-20-17(16-11-18-13-19-12-16)9-8-15-7-5-4-6-14(15)2/h4-7,11-13,17,20H,3,8-10H2,1-2H3. The van der Waals surface area contributed by atoms with Crippen LogP contribution in [0, 0.1) is 6.92 Å². The summed E-state index contributed by atoms with van der Waals surface area (Å²) in [5, 5.41) is 3.60. The molecule has 1 N–H and O–H groups in total. The Balaban J connectivity index is 2.03. The lowest BCUT2D eigenvalue weighted by atomic mass is 9.98. The van der Waals surface area contributed by atoms with Gasteiger partial charge in [-0.1, -0.05) is 31.2 Å². The van der Waals surface area contributed by atoms with Crippen LogP contribution in [0.15, 0.2) is 43.0 Å². The minimum Gasteiger partial charge on any atom is -0.310 e.